The van der Waals surface area contributed by atoms with Crippen LogP contribution in [0.5, 0.6) is 0 Å². The third-order valence-electron chi connectivity index (χ3n) is 4.49. The lowest BCUT2D eigenvalue weighted by atomic mass is 9.88. The molecule has 1 aromatic heterocycles. The Morgan fingerprint density at radius 2 is 2.12 bits per heavy atom. The number of benzene rings is 1. The van der Waals surface area contributed by atoms with Crippen LogP contribution in [0.1, 0.15) is 46.6 Å². The number of rotatable bonds is 4. The lowest BCUT2D eigenvalue weighted by Gasteiger charge is -2.18. The predicted molar refractivity (Wildman–Crippen MR) is 105 cm³/mol. The highest BCUT2D eigenvalue weighted by atomic mass is 32.1. The molecular formula is C20H24N2O3S. The average Bonchev–Trinajstić information content (AvgIpc) is 2.91. The van der Waals surface area contributed by atoms with Crippen LogP contribution >= 0.6 is 11.3 Å². The second-order valence-electron chi connectivity index (χ2n) is 6.72. The van der Waals surface area contributed by atoms with Gasteiger partial charge in [-0.05, 0) is 62.3 Å². The fourth-order valence-corrected chi connectivity index (χ4v) is 4.64. The van der Waals surface area contributed by atoms with Gasteiger partial charge in [-0.1, -0.05) is 19.1 Å². The van der Waals surface area contributed by atoms with Crippen LogP contribution in [-0.2, 0) is 17.6 Å². The number of urea groups is 1. The SMILES string of the molecule is CCOC(=O)c1c(NC(=O)Nc2cccc(C)c2)sc2c1CCC(C)C2. The Morgan fingerprint density at radius 1 is 1.31 bits per heavy atom. The number of anilines is 2. The van der Waals surface area contributed by atoms with Gasteiger partial charge in [-0.3, -0.25) is 5.32 Å². The predicted octanol–water partition coefficient (Wildman–Crippen LogP) is 5.00. The Morgan fingerprint density at radius 3 is 2.85 bits per heavy atom. The van der Waals surface area contributed by atoms with Gasteiger partial charge in [0.05, 0.1) is 12.2 Å². The van der Waals surface area contributed by atoms with E-state index in [0.717, 1.165) is 36.1 Å². The summed E-state index contributed by atoms with van der Waals surface area (Å²) in [4.78, 5) is 26.1. The molecule has 1 unspecified atom stereocenters. The third kappa shape index (κ3) is 4.07. The van der Waals surface area contributed by atoms with Crippen LogP contribution in [0.2, 0.25) is 0 Å². The number of fused-ring (bicyclic) bond motifs is 1. The third-order valence-corrected chi connectivity index (χ3v) is 5.66. The normalized spacial score (nSPS) is 15.9. The van der Waals surface area contributed by atoms with Crippen molar-refractivity contribution < 1.29 is 14.3 Å². The molecule has 1 aromatic carbocycles. The monoisotopic (exact) mass is 372 g/mol. The van der Waals surface area contributed by atoms with Gasteiger partial charge in [-0.2, -0.15) is 0 Å². The van der Waals surface area contributed by atoms with E-state index >= 15 is 0 Å². The molecule has 5 nitrogen and oxygen atoms in total. The van der Waals surface area contributed by atoms with Crippen molar-refractivity contribution in [1.82, 2.24) is 0 Å². The van der Waals surface area contributed by atoms with Crippen LogP contribution in [0, 0.1) is 12.8 Å². The van der Waals surface area contributed by atoms with Crippen LogP contribution in [0.3, 0.4) is 0 Å². The molecule has 0 radical (unpaired) electrons. The first kappa shape index (κ1) is 18.5. The number of ether oxygens (including phenoxy) is 1. The number of nitrogens with one attached hydrogen (secondary N) is 2. The van der Waals surface area contributed by atoms with Crippen LogP contribution in [-0.4, -0.2) is 18.6 Å². The number of thiophene rings is 1. The van der Waals surface area contributed by atoms with Crippen molar-refractivity contribution in [3.05, 3.63) is 45.8 Å². The van der Waals surface area contributed by atoms with E-state index in [0.29, 0.717) is 23.1 Å². The number of carbonyl (C=O) groups is 2. The van der Waals surface area contributed by atoms with Crippen molar-refractivity contribution in [2.24, 2.45) is 5.92 Å². The Kier molecular flexibility index (Phi) is 5.61. The summed E-state index contributed by atoms with van der Waals surface area (Å²) in [7, 11) is 0. The molecular weight excluding hydrogens is 348 g/mol. The van der Waals surface area contributed by atoms with Gasteiger partial charge >= 0.3 is 12.0 Å². The zero-order valence-corrected chi connectivity index (χ0v) is 16.2. The maximum absolute atomic E-state index is 12.5. The molecule has 1 heterocycles. The van der Waals surface area contributed by atoms with E-state index in [2.05, 4.69) is 17.6 Å². The van der Waals surface area contributed by atoms with Crippen LogP contribution in [0.15, 0.2) is 24.3 Å². The number of aryl methyl sites for hydroxylation is 1. The summed E-state index contributed by atoms with van der Waals surface area (Å²) in [6.07, 6.45) is 2.83. The van der Waals surface area contributed by atoms with E-state index < -0.39 is 0 Å². The number of amides is 2. The van der Waals surface area contributed by atoms with Crippen molar-refractivity contribution in [3.8, 4) is 0 Å². The van der Waals surface area contributed by atoms with Gasteiger partial charge in [0.1, 0.15) is 5.00 Å². The lowest BCUT2D eigenvalue weighted by molar-refractivity contribution is 0.0526. The van der Waals surface area contributed by atoms with Gasteiger partial charge in [0.2, 0.25) is 0 Å². The van der Waals surface area contributed by atoms with Crippen LogP contribution in [0.25, 0.3) is 0 Å². The summed E-state index contributed by atoms with van der Waals surface area (Å²) in [6, 6.07) is 7.23. The maximum atomic E-state index is 12.5. The molecule has 1 aliphatic carbocycles. The summed E-state index contributed by atoms with van der Waals surface area (Å²) in [5.41, 5.74) is 3.35. The molecule has 0 saturated heterocycles. The second-order valence-corrected chi connectivity index (χ2v) is 7.83. The minimum absolute atomic E-state index is 0.314. The highest BCUT2D eigenvalue weighted by Crippen LogP contribution is 2.40. The molecule has 1 aliphatic rings. The lowest BCUT2D eigenvalue weighted by Crippen LogP contribution is -2.21. The number of esters is 1. The van der Waals surface area contributed by atoms with Crippen molar-refractivity contribution in [1.29, 1.82) is 0 Å². The van der Waals surface area contributed by atoms with Crippen LogP contribution < -0.4 is 10.6 Å². The Bertz CT molecular complexity index is 828. The molecule has 6 heteroatoms. The molecule has 1 atom stereocenters. The van der Waals surface area contributed by atoms with Gasteiger partial charge in [0.15, 0.2) is 0 Å². The second kappa shape index (κ2) is 7.91. The molecule has 0 spiro atoms. The number of hydrogen-bond acceptors (Lipinski definition) is 4. The summed E-state index contributed by atoms with van der Waals surface area (Å²) in [5, 5.41) is 6.26. The molecule has 0 fully saturated rings. The van der Waals surface area contributed by atoms with Gasteiger partial charge < -0.3 is 10.1 Å². The number of carbonyl (C=O) groups excluding carboxylic acids is 2. The summed E-state index contributed by atoms with van der Waals surface area (Å²) >= 11 is 1.49. The molecule has 2 amide bonds. The Hall–Kier alpha value is -2.34. The molecule has 2 N–H and O–H groups in total. The maximum Gasteiger partial charge on any atom is 0.341 e. The van der Waals surface area contributed by atoms with E-state index in [4.69, 9.17) is 4.74 Å². The van der Waals surface area contributed by atoms with Crippen molar-refractivity contribution in [2.75, 3.05) is 17.2 Å². The molecule has 138 valence electrons. The van der Waals surface area contributed by atoms with Crippen molar-refractivity contribution in [2.45, 2.75) is 40.0 Å². The van der Waals surface area contributed by atoms with E-state index in [1.165, 1.54) is 16.2 Å². The molecule has 0 bridgehead atoms. The fourth-order valence-electron chi connectivity index (χ4n) is 3.25. The molecule has 3 rings (SSSR count). The van der Waals surface area contributed by atoms with E-state index in [9.17, 15) is 9.59 Å². The van der Waals surface area contributed by atoms with Gasteiger partial charge in [0.25, 0.3) is 0 Å². The summed E-state index contributed by atoms with van der Waals surface area (Å²) in [6.45, 7) is 6.28. The smallest absolute Gasteiger partial charge is 0.341 e. The average molecular weight is 372 g/mol. The zero-order valence-electron chi connectivity index (χ0n) is 15.3. The first-order valence-corrected chi connectivity index (χ1v) is 9.76. The van der Waals surface area contributed by atoms with Gasteiger partial charge in [0, 0.05) is 10.6 Å². The van der Waals surface area contributed by atoms with Gasteiger partial charge in [-0.25, -0.2) is 9.59 Å². The Balaban J connectivity index is 1.84. The van der Waals surface area contributed by atoms with E-state index in [1.807, 2.05) is 31.2 Å². The zero-order chi connectivity index (χ0) is 18.7. The topological polar surface area (TPSA) is 67.4 Å². The standard InChI is InChI=1S/C20H24N2O3S/c1-4-25-19(23)17-15-9-8-13(3)11-16(15)26-18(17)22-20(24)21-14-7-5-6-12(2)10-14/h5-7,10,13H,4,8-9,11H2,1-3H3,(H2,21,22,24). The van der Waals surface area contributed by atoms with Crippen molar-refractivity contribution in [3.63, 3.8) is 0 Å². The van der Waals surface area contributed by atoms with E-state index in [-0.39, 0.29) is 12.0 Å². The minimum atomic E-state index is -0.356. The Labute approximate surface area is 157 Å². The van der Waals surface area contributed by atoms with E-state index in [1.54, 1.807) is 6.92 Å². The number of hydrogen-bond donors (Lipinski definition) is 2. The fraction of sp³-hybridized carbons (Fsp3) is 0.400. The first-order valence-electron chi connectivity index (χ1n) is 8.94. The summed E-state index contributed by atoms with van der Waals surface area (Å²) in [5.74, 6) is 0.232. The quantitative estimate of drug-likeness (QED) is 0.742. The summed E-state index contributed by atoms with van der Waals surface area (Å²) < 4.78 is 5.23. The molecule has 0 saturated carbocycles. The molecule has 2 aromatic rings. The van der Waals surface area contributed by atoms with Gasteiger partial charge in [-0.15, -0.1) is 11.3 Å². The van der Waals surface area contributed by atoms with Crippen molar-refractivity contribution >= 4 is 34.0 Å². The molecule has 26 heavy (non-hydrogen) atoms. The first-order chi connectivity index (χ1) is 12.5. The molecule has 0 aliphatic heterocycles. The largest absolute Gasteiger partial charge is 0.462 e. The minimum Gasteiger partial charge on any atom is -0.462 e. The highest BCUT2D eigenvalue weighted by molar-refractivity contribution is 7.17. The highest BCUT2D eigenvalue weighted by Gasteiger charge is 2.29. The van der Waals surface area contributed by atoms with Crippen LogP contribution in [0.4, 0.5) is 15.5 Å².